The zero-order valence-electron chi connectivity index (χ0n) is 12.6. The Morgan fingerprint density at radius 1 is 0.810 bits per heavy atom. The summed E-state index contributed by atoms with van der Waals surface area (Å²) in [5, 5.41) is 8.33. The topological polar surface area (TPSA) is 38.9 Å². The highest BCUT2D eigenvalue weighted by Crippen LogP contribution is 2.25. The lowest BCUT2D eigenvalue weighted by Crippen LogP contribution is -1.82. The summed E-state index contributed by atoms with van der Waals surface area (Å²) in [6.07, 6.45) is 1.03. The molecule has 0 N–H and O–H groups in total. The molecular weight excluding hydrogens is 260 g/mol. The maximum absolute atomic E-state index is 5.82. The van der Waals surface area contributed by atoms with Crippen LogP contribution in [0.15, 0.2) is 46.9 Å². The average molecular weight is 278 g/mol. The molecule has 0 radical (unpaired) electrons. The van der Waals surface area contributed by atoms with Crippen LogP contribution in [0, 0.1) is 13.8 Å². The van der Waals surface area contributed by atoms with Crippen LogP contribution in [0.1, 0.15) is 23.6 Å². The van der Waals surface area contributed by atoms with Gasteiger partial charge in [-0.3, -0.25) is 0 Å². The van der Waals surface area contributed by atoms with Crippen molar-refractivity contribution in [3.63, 3.8) is 0 Å². The van der Waals surface area contributed by atoms with Crippen molar-refractivity contribution in [2.24, 2.45) is 0 Å². The molecule has 3 rings (SSSR count). The molecule has 106 valence electrons. The molecule has 0 spiro atoms. The predicted octanol–water partition coefficient (Wildman–Crippen LogP) is 4.58. The normalized spacial score (nSPS) is 10.8. The molecule has 0 saturated heterocycles. The second kappa shape index (κ2) is 5.52. The summed E-state index contributed by atoms with van der Waals surface area (Å²) in [5.41, 5.74) is 5.61. The van der Waals surface area contributed by atoms with Crippen molar-refractivity contribution >= 4 is 0 Å². The monoisotopic (exact) mass is 278 g/mol. The van der Waals surface area contributed by atoms with Gasteiger partial charge in [0.15, 0.2) is 0 Å². The fourth-order valence-corrected chi connectivity index (χ4v) is 2.44. The number of aromatic nitrogens is 2. The van der Waals surface area contributed by atoms with Crippen molar-refractivity contribution in [1.29, 1.82) is 0 Å². The molecule has 2 aromatic carbocycles. The minimum Gasteiger partial charge on any atom is -0.416 e. The van der Waals surface area contributed by atoms with E-state index in [4.69, 9.17) is 4.42 Å². The summed E-state index contributed by atoms with van der Waals surface area (Å²) in [5.74, 6) is 1.13. The van der Waals surface area contributed by atoms with Gasteiger partial charge in [-0.2, -0.15) is 0 Å². The van der Waals surface area contributed by atoms with Crippen LogP contribution in [0.4, 0.5) is 0 Å². The zero-order valence-corrected chi connectivity index (χ0v) is 12.6. The van der Waals surface area contributed by atoms with E-state index in [0.717, 1.165) is 17.5 Å². The largest absolute Gasteiger partial charge is 0.416 e. The van der Waals surface area contributed by atoms with Crippen molar-refractivity contribution in [1.82, 2.24) is 10.2 Å². The molecule has 0 aliphatic rings. The van der Waals surface area contributed by atoms with Crippen LogP contribution in [0.3, 0.4) is 0 Å². The third-order valence-electron chi connectivity index (χ3n) is 3.50. The van der Waals surface area contributed by atoms with Crippen molar-refractivity contribution < 1.29 is 4.42 Å². The summed E-state index contributed by atoms with van der Waals surface area (Å²) in [6, 6.07) is 14.5. The van der Waals surface area contributed by atoms with E-state index in [9.17, 15) is 0 Å². The molecule has 0 aliphatic heterocycles. The molecule has 3 heteroatoms. The first-order valence-corrected chi connectivity index (χ1v) is 7.17. The smallest absolute Gasteiger partial charge is 0.248 e. The Hall–Kier alpha value is -2.42. The van der Waals surface area contributed by atoms with E-state index in [-0.39, 0.29) is 0 Å². The van der Waals surface area contributed by atoms with Gasteiger partial charge in [0.25, 0.3) is 0 Å². The van der Waals surface area contributed by atoms with Crippen molar-refractivity contribution in [3.8, 4) is 22.9 Å². The molecular formula is C18H18N2O. The number of benzene rings is 2. The van der Waals surface area contributed by atoms with Crippen LogP contribution in [0.5, 0.6) is 0 Å². The Morgan fingerprint density at radius 3 is 1.95 bits per heavy atom. The Balaban J connectivity index is 1.95. The first-order chi connectivity index (χ1) is 10.2. The Kier molecular flexibility index (Phi) is 3.57. The molecule has 21 heavy (non-hydrogen) atoms. The van der Waals surface area contributed by atoms with E-state index in [1.165, 1.54) is 16.7 Å². The van der Waals surface area contributed by atoms with Crippen LogP contribution in [0.25, 0.3) is 22.9 Å². The van der Waals surface area contributed by atoms with E-state index in [1.807, 2.05) is 12.1 Å². The molecule has 1 aromatic heterocycles. The highest BCUT2D eigenvalue weighted by atomic mass is 16.4. The number of nitrogens with zero attached hydrogens (tertiary/aromatic N) is 2. The summed E-state index contributed by atoms with van der Waals surface area (Å²) in [7, 11) is 0. The quantitative estimate of drug-likeness (QED) is 0.703. The van der Waals surface area contributed by atoms with Crippen LogP contribution >= 0.6 is 0 Å². The molecule has 0 aliphatic carbocycles. The molecule has 0 unspecified atom stereocenters. The minimum atomic E-state index is 0.562. The van der Waals surface area contributed by atoms with Gasteiger partial charge >= 0.3 is 0 Å². The average Bonchev–Trinajstić information content (AvgIpc) is 2.96. The number of hydrogen-bond acceptors (Lipinski definition) is 3. The van der Waals surface area contributed by atoms with E-state index < -0.39 is 0 Å². The first kappa shape index (κ1) is 13.6. The van der Waals surface area contributed by atoms with Crippen LogP contribution in [0.2, 0.25) is 0 Å². The lowest BCUT2D eigenvalue weighted by molar-refractivity contribution is 0.584. The van der Waals surface area contributed by atoms with E-state index in [2.05, 4.69) is 61.3 Å². The summed E-state index contributed by atoms with van der Waals surface area (Å²) in [6.45, 7) is 6.27. The van der Waals surface area contributed by atoms with Gasteiger partial charge < -0.3 is 4.42 Å². The van der Waals surface area contributed by atoms with Crippen LogP contribution < -0.4 is 0 Å². The van der Waals surface area contributed by atoms with Gasteiger partial charge in [-0.25, -0.2) is 0 Å². The molecule has 0 atom stereocenters. The van der Waals surface area contributed by atoms with Gasteiger partial charge in [0.1, 0.15) is 0 Å². The third-order valence-corrected chi connectivity index (χ3v) is 3.50. The summed E-state index contributed by atoms with van der Waals surface area (Å²) in [4.78, 5) is 0. The number of hydrogen-bond donors (Lipinski definition) is 0. The minimum absolute atomic E-state index is 0.562. The van der Waals surface area contributed by atoms with Crippen molar-refractivity contribution in [3.05, 3.63) is 59.2 Å². The second-order valence-corrected chi connectivity index (χ2v) is 5.34. The lowest BCUT2D eigenvalue weighted by Gasteiger charge is -2.00. The Labute approximate surface area is 124 Å². The van der Waals surface area contributed by atoms with Gasteiger partial charge in [0, 0.05) is 11.1 Å². The zero-order chi connectivity index (χ0) is 14.8. The van der Waals surface area contributed by atoms with Gasteiger partial charge in [-0.15, -0.1) is 10.2 Å². The number of aryl methyl sites for hydroxylation is 3. The van der Waals surface area contributed by atoms with E-state index in [1.54, 1.807) is 0 Å². The standard InChI is InChI=1S/C18H18N2O/c1-4-14-5-7-15(8-6-14)17-19-20-18(21-17)16-10-12(2)9-13(3)11-16/h5-11H,4H2,1-3H3. The number of rotatable bonds is 3. The van der Waals surface area contributed by atoms with E-state index >= 15 is 0 Å². The maximum atomic E-state index is 5.82. The molecule has 0 saturated carbocycles. The Bertz CT molecular complexity index is 737. The fraction of sp³-hybridized carbons (Fsp3) is 0.222. The van der Waals surface area contributed by atoms with Crippen molar-refractivity contribution in [2.75, 3.05) is 0 Å². The SMILES string of the molecule is CCc1ccc(-c2nnc(-c3cc(C)cc(C)c3)o2)cc1. The van der Waals surface area contributed by atoms with Gasteiger partial charge in [0.2, 0.25) is 11.8 Å². The van der Waals surface area contributed by atoms with Gasteiger partial charge in [-0.05, 0) is 50.1 Å². The van der Waals surface area contributed by atoms with Gasteiger partial charge in [0.05, 0.1) is 0 Å². The summed E-state index contributed by atoms with van der Waals surface area (Å²) >= 11 is 0. The highest BCUT2D eigenvalue weighted by molar-refractivity contribution is 5.59. The maximum Gasteiger partial charge on any atom is 0.248 e. The molecule has 3 aromatic rings. The van der Waals surface area contributed by atoms with Crippen molar-refractivity contribution in [2.45, 2.75) is 27.2 Å². The highest BCUT2D eigenvalue weighted by Gasteiger charge is 2.11. The lowest BCUT2D eigenvalue weighted by atomic mass is 10.1. The van der Waals surface area contributed by atoms with Gasteiger partial charge in [-0.1, -0.05) is 36.2 Å². The second-order valence-electron chi connectivity index (χ2n) is 5.34. The predicted molar refractivity (Wildman–Crippen MR) is 84.0 cm³/mol. The third kappa shape index (κ3) is 2.87. The molecule has 0 fully saturated rings. The van der Waals surface area contributed by atoms with Crippen LogP contribution in [-0.2, 0) is 6.42 Å². The summed E-state index contributed by atoms with van der Waals surface area (Å²) < 4.78 is 5.82. The molecule has 0 bridgehead atoms. The molecule has 1 heterocycles. The molecule has 0 amide bonds. The van der Waals surface area contributed by atoms with Crippen LogP contribution in [-0.4, -0.2) is 10.2 Å². The Morgan fingerprint density at radius 2 is 1.38 bits per heavy atom. The molecule has 3 nitrogen and oxygen atoms in total. The fourth-order valence-electron chi connectivity index (χ4n) is 2.44. The first-order valence-electron chi connectivity index (χ1n) is 7.17. The van der Waals surface area contributed by atoms with E-state index in [0.29, 0.717) is 11.8 Å².